The first-order chi connectivity index (χ1) is 9.65. The molecule has 0 spiro atoms. The molecule has 0 bridgehead atoms. The minimum atomic E-state index is 0.193. The molecule has 1 aromatic heterocycles. The smallest absolute Gasteiger partial charge is 0.0726 e. The number of pyridine rings is 1. The first kappa shape index (κ1) is 14.8. The van der Waals surface area contributed by atoms with E-state index in [1.165, 1.54) is 0 Å². The van der Waals surface area contributed by atoms with E-state index in [-0.39, 0.29) is 18.6 Å². The highest BCUT2D eigenvalue weighted by molar-refractivity contribution is 5.91. The Morgan fingerprint density at radius 2 is 2.00 bits per heavy atom. The summed E-state index contributed by atoms with van der Waals surface area (Å²) in [5.41, 5.74) is 3.27. The average molecular weight is 272 g/mol. The molecular weight excluding hydrogens is 248 g/mol. The number of fused-ring (bicyclic) bond motifs is 1. The van der Waals surface area contributed by atoms with E-state index in [4.69, 9.17) is 4.98 Å². The van der Waals surface area contributed by atoms with Crippen molar-refractivity contribution in [1.29, 1.82) is 0 Å². The average Bonchev–Trinajstić information content (AvgIpc) is 2.46. The second-order valence-electron chi connectivity index (χ2n) is 5.52. The molecule has 0 amide bonds. The molecule has 3 heteroatoms. The minimum Gasteiger partial charge on any atom is -0.396 e. The van der Waals surface area contributed by atoms with Crippen molar-refractivity contribution in [2.45, 2.75) is 39.7 Å². The van der Waals surface area contributed by atoms with Crippen LogP contribution < -0.4 is 5.32 Å². The Bertz CT molecular complexity index is 568. The zero-order valence-corrected chi connectivity index (χ0v) is 12.6. The van der Waals surface area contributed by atoms with E-state index in [0.717, 1.165) is 35.1 Å². The van der Waals surface area contributed by atoms with Gasteiger partial charge in [0.25, 0.3) is 0 Å². The molecule has 0 saturated heterocycles. The van der Waals surface area contributed by atoms with Crippen molar-refractivity contribution >= 4 is 16.6 Å². The summed E-state index contributed by atoms with van der Waals surface area (Å²) in [6.07, 6.45) is 2.08. The maximum absolute atomic E-state index is 9.28. The van der Waals surface area contributed by atoms with Crippen LogP contribution in [-0.4, -0.2) is 22.7 Å². The summed E-state index contributed by atoms with van der Waals surface area (Å²) in [5.74, 6) is 0.219. The van der Waals surface area contributed by atoms with Crippen LogP contribution in [0.3, 0.4) is 0 Å². The molecule has 2 aromatic rings. The van der Waals surface area contributed by atoms with Gasteiger partial charge in [-0.1, -0.05) is 38.5 Å². The predicted octanol–water partition coefficient (Wildman–Crippen LogP) is 3.62. The van der Waals surface area contributed by atoms with Gasteiger partial charge in [-0.05, 0) is 31.4 Å². The molecule has 0 radical (unpaired) electrons. The van der Waals surface area contributed by atoms with E-state index in [0.29, 0.717) is 0 Å². The molecule has 2 rings (SSSR count). The Labute approximate surface area is 121 Å². The Morgan fingerprint density at radius 3 is 2.70 bits per heavy atom. The molecule has 20 heavy (non-hydrogen) atoms. The number of anilines is 1. The molecule has 1 aromatic carbocycles. The Morgan fingerprint density at radius 1 is 1.25 bits per heavy atom. The van der Waals surface area contributed by atoms with Gasteiger partial charge in [0.1, 0.15) is 0 Å². The Kier molecular flexibility index (Phi) is 4.96. The fourth-order valence-electron chi connectivity index (χ4n) is 2.28. The van der Waals surface area contributed by atoms with Crippen LogP contribution in [0.4, 0.5) is 5.69 Å². The fraction of sp³-hybridized carbons (Fsp3) is 0.471. The van der Waals surface area contributed by atoms with Gasteiger partial charge in [0.2, 0.25) is 0 Å². The molecule has 2 unspecified atom stereocenters. The van der Waals surface area contributed by atoms with E-state index >= 15 is 0 Å². The van der Waals surface area contributed by atoms with Crippen molar-refractivity contribution in [3.63, 3.8) is 0 Å². The number of aliphatic hydroxyl groups is 1. The third-order valence-electron chi connectivity index (χ3n) is 3.80. The Balaban J connectivity index is 2.39. The number of aliphatic hydroxyl groups excluding tert-OH is 1. The van der Waals surface area contributed by atoms with Crippen LogP contribution in [0.1, 0.15) is 32.9 Å². The summed E-state index contributed by atoms with van der Waals surface area (Å²) in [7, 11) is 0. The van der Waals surface area contributed by atoms with Crippen molar-refractivity contribution < 1.29 is 5.11 Å². The van der Waals surface area contributed by atoms with Gasteiger partial charge in [0.15, 0.2) is 0 Å². The number of nitrogens with zero attached hydrogens (tertiary/aromatic N) is 1. The number of hydrogen-bond donors (Lipinski definition) is 2. The number of aromatic nitrogens is 1. The van der Waals surface area contributed by atoms with Crippen molar-refractivity contribution in [3.05, 3.63) is 36.0 Å². The van der Waals surface area contributed by atoms with E-state index < -0.39 is 0 Å². The first-order valence-electron chi connectivity index (χ1n) is 7.41. The lowest BCUT2D eigenvalue weighted by Crippen LogP contribution is -2.26. The maximum Gasteiger partial charge on any atom is 0.0726 e. The van der Waals surface area contributed by atoms with Crippen LogP contribution in [0.5, 0.6) is 0 Å². The third kappa shape index (κ3) is 3.28. The highest BCUT2D eigenvalue weighted by Crippen LogP contribution is 2.25. The van der Waals surface area contributed by atoms with E-state index in [1.54, 1.807) is 0 Å². The quantitative estimate of drug-likeness (QED) is 0.844. The van der Waals surface area contributed by atoms with Crippen molar-refractivity contribution in [2.75, 3.05) is 11.9 Å². The highest BCUT2D eigenvalue weighted by atomic mass is 16.3. The topological polar surface area (TPSA) is 45.1 Å². The zero-order valence-electron chi connectivity index (χ0n) is 12.6. The monoisotopic (exact) mass is 272 g/mol. The number of benzene rings is 1. The summed E-state index contributed by atoms with van der Waals surface area (Å²) < 4.78 is 0. The molecule has 2 atom stereocenters. The lowest BCUT2D eigenvalue weighted by molar-refractivity contribution is 0.226. The number of para-hydroxylation sites is 1. The molecule has 0 aliphatic heterocycles. The summed E-state index contributed by atoms with van der Waals surface area (Å²) in [6, 6.07) is 10.6. The standard InChI is InChI=1S/C17H24N2O/c1-4-7-14-10-17(18-13(3)12(2)11-20)15-8-5-6-9-16(15)19-14/h5-6,8-10,12-13,20H,4,7,11H2,1-3H3,(H,18,19). The van der Waals surface area contributed by atoms with Crippen LogP contribution >= 0.6 is 0 Å². The van der Waals surface area contributed by atoms with E-state index in [1.807, 2.05) is 19.1 Å². The summed E-state index contributed by atoms with van der Waals surface area (Å²) in [6.45, 7) is 6.52. The summed E-state index contributed by atoms with van der Waals surface area (Å²) in [4.78, 5) is 4.71. The largest absolute Gasteiger partial charge is 0.396 e. The van der Waals surface area contributed by atoms with Gasteiger partial charge in [-0.25, -0.2) is 0 Å². The van der Waals surface area contributed by atoms with Gasteiger partial charge < -0.3 is 10.4 Å². The van der Waals surface area contributed by atoms with Gasteiger partial charge in [-0.3, -0.25) is 4.98 Å². The minimum absolute atomic E-state index is 0.193. The molecule has 0 aliphatic rings. The maximum atomic E-state index is 9.28. The van der Waals surface area contributed by atoms with Crippen LogP contribution in [0, 0.1) is 5.92 Å². The predicted molar refractivity (Wildman–Crippen MR) is 85.1 cm³/mol. The molecular formula is C17H24N2O. The lowest BCUT2D eigenvalue weighted by atomic mass is 10.0. The number of nitrogens with one attached hydrogen (secondary N) is 1. The second kappa shape index (κ2) is 6.71. The van der Waals surface area contributed by atoms with Gasteiger partial charge >= 0.3 is 0 Å². The molecule has 3 nitrogen and oxygen atoms in total. The third-order valence-corrected chi connectivity index (χ3v) is 3.80. The normalized spacial score (nSPS) is 14.2. The van der Waals surface area contributed by atoms with Crippen LogP contribution in [0.15, 0.2) is 30.3 Å². The molecule has 108 valence electrons. The zero-order chi connectivity index (χ0) is 14.5. The van der Waals surface area contributed by atoms with Crippen molar-refractivity contribution in [1.82, 2.24) is 4.98 Å². The van der Waals surface area contributed by atoms with Crippen molar-refractivity contribution in [2.24, 2.45) is 5.92 Å². The SMILES string of the molecule is CCCc1cc(NC(C)C(C)CO)c2ccccc2n1. The highest BCUT2D eigenvalue weighted by Gasteiger charge is 2.13. The lowest BCUT2D eigenvalue weighted by Gasteiger charge is -2.22. The van der Waals surface area contributed by atoms with Crippen LogP contribution in [0.2, 0.25) is 0 Å². The molecule has 0 aliphatic carbocycles. The van der Waals surface area contributed by atoms with E-state index in [9.17, 15) is 5.11 Å². The van der Waals surface area contributed by atoms with Gasteiger partial charge in [-0.15, -0.1) is 0 Å². The van der Waals surface area contributed by atoms with Gasteiger partial charge in [-0.2, -0.15) is 0 Å². The molecule has 0 saturated carbocycles. The van der Waals surface area contributed by atoms with E-state index in [2.05, 4.69) is 37.4 Å². The molecule has 1 heterocycles. The first-order valence-corrected chi connectivity index (χ1v) is 7.41. The summed E-state index contributed by atoms with van der Waals surface area (Å²) >= 11 is 0. The van der Waals surface area contributed by atoms with Crippen LogP contribution in [0.25, 0.3) is 10.9 Å². The molecule has 2 N–H and O–H groups in total. The number of aryl methyl sites for hydroxylation is 1. The summed E-state index contributed by atoms with van der Waals surface area (Å²) in [5, 5.41) is 14.0. The van der Waals surface area contributed by atoms with Gasteiger partial charge in [0, 0.05) is 29.4 Å². The van der Waals surface area contributed by atoms with Gasteiger partial charge in [0.05, 0.1) is 5.52 Å². The van der Waals surface area contributed by atoms with Crippen LogP contribution in [-0.2, 0) is 6.42 Å². The Hall–Kier alpha value is -1.61. The number of hydrogen-bond acceptors (Lipinski definition) is 3. The fourth-order valence-corrected chi connectivity index (χ4v) is 2.28. The second-order valence-corrected chi connectivity index (χ2v) is 5.52. The van der Waals surface area contributed by atoms with Crippen molar-refractivity contribution in [3.8, 4) is 0 Å². The number of rotatable bonds is 6. The molecule has 0 fully saturated rings.